The predicted molar refractivity (Wildman–Crippen MR) is 137 cm³/mol. The quantitative estimate of drug-likeness (QED) is 0.293. The summed E-state index contributed by atoms with van der Waals surface area (Å²) in [6, 6.07) is 11.7. The number of oxazole rings is 1. The van der Waals surface area contributed by atoms with Crippen LogP contribution < -0.4 is 11.1 Å². The van der Waals surface area contributed by atoms with Gasteiger partial charge in [0.1, 0.15) is 5.69 Å². The number of nitrogens with zero attached hydrogens (tertiary/aromatic N) is 2. The minimum atomic E-state index is -0.496. The molecule has 0 aliphatic rings. The molecular formula is C26H24N4O3S. The van der Waals surface area contributed by atoms with E-state index in [1.54, 1.807) is 18.2 Å². The van der Waals surface area contributed by atoms with Gasteiger partial charge in [-0.1, -0.05) is 32.1 Å². The van der Waals surface area contributed by atoms with E-state index in [2.05, 4.69) is 53.9 Å². The summed E-state index contributed by atoms with van der Waals surface area (Å²) < 4.78 is 7.14. The summed E-state index contributed by atoms with van der Waals surface area (Å²) in [6.45, 7) is 10.7. The molecule has 3 aromatic heterocycles. The third-order valence-corrected chi connectivity index (χ3v) is 6.73. The molecule has 0 fully saturated rings. The van der Waals surface area contributed by atoms with Gasteiger partial charge in [0.2, 0.25) is 0 Å². The second-order valence-electron chi connectivity index (χ2n) is 8.52. The van der Waals surface area contributed by atoms with Crippen LogP contribution in [0.5, 0.6) is 0 Å². The van der Waals surface area contributed by atoms with E-state index in [-0.39, 0.29) is 5.91 Å². The number of thiazole rings is 1. The number of benzene rings is 2. The first-order valence-corrected chi connectivity index (χ1v) is 11.9. The van der Waals surface area contributed by atoms with E-state index in [1.165, 1.54) is 16.9 Å². The van der Waals surface area contributed by atoms with Crippen LogP contribution in [0.4, 0.5) is 5.13 Å². The molecule has 5 rings (SSSR count). The monoisotopic (exact) mass is 472 g/mol. The van der Waals surface area contributed by atoms with Crippen molar-refractivity contribution >= 4 is 44.4 Å². The van der Waals surface area contributed by atoms with E-state index in [0.29, 0.717) is 40.1 Å². The van der Waals surface area contributed by atoms with Crippen LogP contribution in [0.15, 0.2) is 63.6 Å². The Kier molecular flexibility index (Phi) is 5.45. The number of nitrogens with one attached hydrogen (secondary N) is 2. The highest BCUT2D eigenvalue weighted by Gasteiger charge is 2.21. The molecule has 34 heavy (non-hydrogen) atoms. The summed E-state index contributed by atoms with van der Waals surface area (Å²) in [4.78, 5) is 32.0. The second kappa shape index (κ2) is 8.46. The minimum Gasteiger partial charge on any atom is -0.408 e. The van der Waals surface area contributed by atoms with Gasteiger partial charge in [-0.15, -0.1) is 17.9 Å². The molecule has 0 bridgehead atoms. The number of H-pyrrole nitrogens is 1. The number of hydrogen-bond acceptors (Lipinski definition) is 5. The first-order valence-electron chi connectivity index (χ1n) is 11.0. The standard InChI is InChI=1S/C26H24N4O3S/c1-5-10-30-21-9-7-16(14(2)3)11-18(21)15(4)23(30)24(31)29-25-27-20(13-34-25)17-6-8-19-22(12-17)33-26(32)28-19/h5-9,11-14H,1,10H2,2-4H3,(H,28,32)(H,27,29,31). The molecule has 0 saturated heterocycles. The maximum Gasteiger partial charge on any atom is 0.417 e. The van der Waals surface area contributed by atoms with Gasteiger partial charge in [0.15, 0.2) is 10.7 Å². The van der Waals surface area contributed by atoms with Gasteiger partial charge in [0.25, 0.3) is 5.91 Å². The first kappa shape index (κ1) is 21.9. The molecule has 0 atom stereocenters. The van der Waals surface area contributed by atoms with Crippen LogP contribution in [0.25, 0.3) is 33.3 Å². The Morgan fingerprint density at radius 3 is 2.88 bits per heavy atom. The number of amides is 1. The van der Waals surface area contributed by atoms with Crippen molar-refractivity contribution in [3.63, 3.8) is 0 Å². The Bertz CT molecular complexity index is 1620. The van der Waals surface area contributed by atoms with Gasteiger partial charge in [-0.2, -0.15) is 0 Å². The molecule has 0 saturated carbocycles. The lowest BCUT2D eigenvalue weighted by Gasteiger charge is -2.09. The summed E-state index contributed by atoms with van der Waals surface area (Å²) in [5.74, 6) is -0.310. The SMILES string of the molecule is C=CCn1c(C(=O)Nc2nc(-c3ccc4[nH]c(=O)oc4c3)cs2)c(C)c2cc(C(C)C)ccc21. The molecule has 2 aromatic carbocycles. The Hall–Kier alpha value is -3.91. The van der Waals surface area contributed by atoms with Crippen molar-refractivity contribution in [2.45, 2.75) is 33.2 Å². The number of allylic oxidation sites excluding steroid dienone is 1. The van der Waals surface area contributed by atoms with Gasteiger partial charge >= 0.3 is 5.76 Å². The molecule has 7 nitrogen and oxygen atoms in total. The van der Waals surface area contributed by atoms with E-state index in [1.807, 2.05) is 22.9 Å². The predicted octanol–water partition coefficient (Wildman–Crippen LogP) is 6.07. The van der Waals surface area contributed by atoms with Crippen LogP contribution in [0.3, 0.4) is 0 Å². The number of anilines is 1. The number of fused-ring (bicyclic) bond motifs is 2. The molecule has 0 spiro atoms. The van der Waals surface area contributed by atoms with E-state index >= 15 is 0 Å². The number of hydrogen-bond donors (Lipinski definition) is 2. The molecule has 5 aromatic rings. The molecule has 172 valence electrons. The van der Waals surface area contributed by atoms with Gasteiger partial charge in [-0.05, 0) is 48.2 Å². The van der Waals surface area contributed by atoms with Gasteiger partial charge in [-0.3, -0.25) is 15.1 Å². The fraction of sp³-hybridized carbons (Fsp3) is 0.192. The van der Waals surface area contributed by atoms with Crippen LogP contribution in [0, 0.1) is 6.92 Å². The highest BCUT2D eigenvalue weighted by molar-refractivity contribution is 7.14. The lowest BCUT2D eigenvalue weighted by molar-refractivity contribution is 0.101. The highest BCUT2D eigenvalue weighted by atomic mass is 32.1. The van der Waals surface area contributed by atoms with Crippen molar-refractivity contribution in [1.29, 1.82) is 0 Å². The average molecular weight is 473 g/mol. The normalized spacial score (nSPS) is 11.5. The van der Waals surface area contributed by atoms with Crippen LogP contribution >= 0.6 is 11.3 Å². The van der Waals surface area contributed by atoms with Crippen molar-refractivity contribution in [3.05, 3.63) is 81.8 Å². The summed E-state index contributed by atoms with van der Waals surface area (Å²) in [5, 5.41) is 6.39. The Labute approximate surface area is 199 Å². The maximum atomic E-state index is 13.4. The van der Waals surface area contributed by atoms with Gasteiger partial charge in [0, 0.05) is 28.4 Å². The molecular weight excluding hydrogens is 448 g/mol. The number of aromatic amines is 1. The highest BCUT2D eigenvalue weighted by Crippen LogP contribution is 2.31. The zero-order valence-corrected chi connectivity index (χ0v) is 20.0. The van der Waals surface area contributed by atoms with Gasteiger partial charge < -0.3 is 8.98 Å². The summed E-state index contributed by atoms with van der Waals surface area (Å²) in [7, 11) is 0. The number of aromatic nitrogens is 3. The molecule has 0 aliphatic heterocycles. The van der Waals surface area contributed by atoms with Gasteiger partial charge in [0.05, 0.1) is 11.2 Å². The molecule has 3 heterocycles. The molecule has 2 N–H and O–H groups in total. The van der Waals surface area contributed by atoms with Crippen LogP contribution in [-0.2, 0) is 6.54 Å². The van der Waals surface area contributed by atoms with Crippen molar-refractivity contribution in [3.8, 4) is 11.3 Å². The van der Waals surface area contributed by atoms with Crippen LogP contribution in [0.2, 0.25) is 0 Å². The molecule has 1 amide bonds. The lowest BCUT2D eigenvalue weighted by Crippen LogP contribution is -2.18. The number of rotatable bonds is 6. The second-order valence-corrected chi connectivity index (χ2v) is 9.38. The smallest absolute Gasteiger partial charge is 0.408 e. The summed E-state index contributed by atoms with van der Waals surface area (Å²) in [5.41, 5.74) is 6.35. The largest absolute Gasteiger partial charge is 0.417 e. The van der Waals surface area contributed by atoms with E-state index in [9.17, 15) is 9.59 Å². The zero-order valence-electron chi connectivity index (χ0n) is 19.1. The minimum absolute atomic E-state index is 0.213. The van der Waals surface area contributed by atoms with Crippen molar-refractivity contribution in [1.82, 2.24) is 14.5 Å². The fourth-order valence-electron chi connectivity index (χ4n) is 4.24. The maximum absolute atomic E-state index is 13.4. The molecule has 0 aliphatic carbocycles. The first-order chi connectivity index (χ1) is 16.4. The van der Waals surface area contributed by atoms with E-state index in [4.69, 9.17) is 4.42 Å². The van der Waals surface area contributed by atoms with Crippen molar-refractivity contribution in [2.24, 2.45) is 0 Å². The van der Waals surface area contributed by atoms with E-state index in [0.717, 1.165) is 22.0 Å². The average Bonchev–Trinajstić information content (AvgIpc) is 3.49. The van der Waals surface area contributed by atoms with E-state index < -0.39 is 5.76 Å². The number of carbonyl (C=O) groups excluding carboxylic acids is 1. The Morgan fingerprint density at radius 1 is 1.29 bits per heavy atom. The third-order valence-electron chi connectivity index (χ3n) is 5.98. The summed E-state index contributed by atoms with van der Waals surface area (Å²) in [6.07, 6.45) is 1.79. The summed E-state index contributed by atoms with van der Waals surface area (Å²) >= 11 is 1.34. The lowest BCUT2D eigenvalue weighted by atomic mass is 10.0. The fourth-order valence-corrected chi connectivity index (χ4v) is 4.95. The zero-order chi connectivity index (χ0) is 24.0. The Morgan fingerprint density at radius 2 is 2.12 bits per heavy atom. The topological polar surface area (TPSA) is 92.9 Å². The van der Waals surface area contributed by atoms with Crippen LogP contribution in [0.1, 0.15) is 41.4 Å². The number of aryl methyl sites for hydroxylation is 1. The van der Waals surface area contributed by atoms with Crippen molar-refractivity contribution < 1.29 is 9.21 Å². The number of carbonyl (C=O) groups is 1. The molecule has 8 heteroatoms. The van der Waals surface area contributed by atoms with Crippen LogP contribution in [-0.4, -0.2) is 20.4 Å². The molecule has 0 radical (unpaired) electrons. The Balaban J connectivity index is 1.48. The van der Waals surface area contributed by atoms with Gasteiger partial charge in [-0.25, -0.2) is 9.78 Å². The third kappa shape index (κ3) is 3.76. The van der Waals surface area contributed by atoms with Crippen molar-refractivity contribution in [2.75, 3.05) is 5.32 Å². The molecule has 0 unspecified atom stereocenters.